The van der Waals surface area contributed by atoms with E-state index < -0.39 is 0 Å². The van der Waals surface area contributed by atoms with E-state index in [0.717, 1.165) is 5.92 Å². The molecule has 2 heteroatoms. The summed E-state index contributed by atoms with van der Waals surface area (Å²) in [6.45, 7) is 4.78. The van der Waals surface area contributed by atoms with Gasteiger partial charge in [-0.25, -0.2) is 0 Å². The maximum Gasteiger partial charge on any atom is 0.0839 e. The number of ether oxygens (including phenoxy) is 1. The van der Waals surface area contributed by atoms with Crippen molar-refractivity contribution in [3.63, 3.8) is 0 Å². The SMILES string of the molecule is CC1OC1CCC1CCCN(C)C1. The third-order valence-electron chi connectivity index (χ3n) is 3.42. The van der Waals surface area contributed by atoms with Crippen molar-refractivity contribution in [3.8, 4) is 0 Å². The number of nitrogens with zero attached hydrogens (tertiary/aromatic N) is 1. The molecule has 0 radical (unpaired) electrons. The molecule has 0 amide bonds. The molecule has 2 nitrogen and oxygen atoms in total. The lowest BCUT2D eigenvalue weighted by Crippen LogP contribution is -2.32. The summed E-state index contributed by atoms with van der Waals surface area (Å²) in [4.78, 5) is 2.46. The Balaban J connectivity index is 1.63. The molecule has 3 atom stereocenters. The minimum absolute atomic E-state index is 0.557. The van der Waals surface area contributed by atoms with Gasteiger partial charge in [0.25, 0.3) is 0 Å². The standard InChI is InChI=1S/C11H21NO/c1-9-11(13-9)6-5-10-4-3-7-12(2)8-10/h9-11H,3-8H2,1-2H3. The van der Waals surface area contributed by atoms with Crippen molar-refractivity contribution in [1.82, 2.24) is 4.90 Å². The van der Waals surface area contributed by atoms with E-state index in [0.29, 0.717) is 12.2 Å². The van der Waals surface area contributed by atoms with Crippen molar-refractivity contribution in [2.24, 2.45) is 5.92 Å². The van der Waals surface area contributed by atoms with Crippen molar-refractivity contribution >= 4 is 0 Å². The molecular formula is C11H21NO. The highest BCUT2D eigenvalue weighted by Gasteiger charge is 2.34. The topological polar surface area (TPSA) is 15.8 Å². The summed E-state index contributed by atoms with van der Waals surface area (Å²) in [6.07, 6.45) is 6.65. The van der Waals surface area contributed by atoms with E-state index >= 15 is 0 Å². The molecule has 0 aromatic rings. The van der Waals surface area contributed by atoms with Gasteiger partial charge in [-0.1, -0.05) is 0 Å². The maximum atomic E-state index is 5.42. The van der Waals surface area contributed by atoms with E-state index in [2.05, 4.69) is 18.9 Å². The van der Waals surface area contributed by atoms with Gasteiger partial charge in [0.1, 0.15) is 0 Å². The highest BCUT2D eigenvalue weighted by atomic mass is 16.6. The Hall–Kier alpha value is -0.0800. The lowest BCUT2D eigenvalue weighted by atomic mass is 9.93. The number of rotatable bonds is 3. The Morgan fingerprint density at radius 1 is 1.38 bits per heavy atom. The van der Waals surface area contributed by atoms with Gasteiger partial charge in [-0.15, -0.1) is 0 Å². The zero-order valence-corrected chi connectivity index (χ0v) is 8.83. The number of likely N-dealkylation sites (tertiary alicyclic amines) is 1. The highest BCUT2D eigenvalue weighted by Crippen LogP contribution is 2.29. The fourth-order valence-corrected chi connectivity index (χ4v) is 2.44. The summed E-state index contributed by atoms with van der Waals surface area (Å²) in [5.41, 5.74) is 0. The summed E-state index contributed by atoms with van der Waals surface area (Å²) in [7, 11) is 2.24. The average Bonchev–Trinajstić information content (AvgIpc) is 2.79. The van der Waals surface area contributed by atoms with Crippen LogP contribution in [0.15, 0.2) is 0 Å². The molecule has 13 heavy (non-hydrogen) atoms. The number of piperidine rings is 1. The number of hydrogen-bond acceptors (Lipinski definition) is 2. The molecule has 0 saturated carbocycles. The average molecular weight is 183 g/mol. The van der Waals surface area contributed by atoms with Crippen molar-refractivity contribution in [1.29, 1.82) is 0 Å². The van der Waals surface area contributed by atoms with E-state index in [9.17, 15) is 0 Å². The molecule has 2 saturated heterocycles. The first-order valence-electron chi connectivity index (χ1n) is 5.59. The molecular weight excluding hydrogens is 162 g/mol. The maximum absolute atomic E-state index is 5.42. The smallest absolute Gasteiger partial charge is 0.0839 e. The summed E-state index contributed by atoms with van der Waals surface area (Å²) >= 11 is 0. The van der Waals surface area contributed by atoms with Crippen LogP contribution in [0.2, 0.25) is 0 Å². The fraction of sp³-hybridized carbons (Fsp3) is 1.00. The Morgan fingerprint density at radius 2 is 2.15 bits per heavy atom. The molecule has 2 rings (SSSR count). The van der Waals surface area contributed by atoms with Crippen LogP contribution >= 0.6 is 0 Å². The third kappa shape index (κ3) is 2.68. The predicted molar refractivity (Wildman–Crippen MR) is 53.8 cm³/mol. The van der Waals surface area contributed by atoms with Gasteiger partial charge < -0.3 is 9.64 Å². The van der Waals surface area contributed by atoms with Crippen molar-refractivity contribution in [3.05, 3.63) is 0 Å². The van der Waals surface area contributed by atoms with Crippen LogP contribution in [-0.2, 0) is 4.74 Å². The number of epoxide rings is 1. The quantitative estimate of drug-likeness (QED) is 0.621. The molecule has 2 fully saturated rings. The first-order valence-corrected chi connectivity index (χ1v) is 5.59. The number of hydrogen-bond donors (Lipinski definition) is 0. The van der Waals surface area contributed by atoms with Gasteiger partial charge in [0, 0.05) is 6.54 Å². The van der Waals surface area contributed by atoms with E-state index in [-0.39, 0.29) is 0 Å². The van der Waals surface area contributed by atoms with Gasteiger partial charge in [-0.3, -0.25) is 0 Å². The van der Waals surface area contributed by atoms with E-state index in [4.69, 9.17) is 4.74 Å². The summed E-state index contributed by atoms with van der Waals surface area (Å²) in [5.74, 6) is 0.940. The first kappa shape index (κ1) is 9.47. The largest absolute Gasteiger partial charge is 0.370 e. The lowest BCUT2D eigenvalue weighted by Gasteiger charge is -2.29. The Morgan fingerprint density at radius 3 is 2.77 bits per heavy atom. The van der Waals surface area contributed by atoms with E-state index in [1.807, 2.05) is 0 Å². The lowest BCUT2D eigenvalue weighted by molar-refractivity contribution is 0.196. The van der Waals surface area contributed by atoms with Gasteiger partial charge in [-0.05, 0) is 52.1 Å². The van der Waals surface area contributed by atoms with E-state index in [1.165, 1.54) is 38.8 Å². The first-order chi connectivity index (χ1) is 6.25. The molecule has 2 aliphatic rings. The van der Waals surface area contributed by atoms with Crippen LogP contribution in [0.3, 0.4) is 0 Å². The zero-order valence-electron chi connectivity index (χ0n) is 8.83. The molecule has 0 bridgehead atoms. The van der Waals surface area contributed by atoms with Crippen LogP contribution in [0.4, 0.5) is 0 Å². The molecule has 76 valence electrons. The second kappa shape index (κ2) is 3.97. The monoisotopic (exact) mass is 183 g/mol. The van der Waals surface area contributed by atoms with Crippen molar-refractivity contribution in [2.45, 2.75) is 44.8 Å². The minimum atomic E-state index is 0.557. The molecule has 2 aliphatic heterocycles. The van der Waals surface area contributed by atoms with Crippen LogP contribution in [-0.4, -0.2) is 37.2 Å². The van der Waals surface area contributed by atoms with Gasteiger partial charge in [-0.2, -0.15) is 0 Å². The molecule has 0 aromatic heterocycles. The predicted octanol–water partition coefficient (Wildman–Crippen LogP) is 1.90. The summed E-state index contributed by atoms with van der Waals surface area (Å²) in [6, 6.07) is 0. The fourth-order valence-electron chi connectivity index (χ4n) is 2.44. The summed E-state index contributed by atoms with van der Waals surface area (Å²) < 4.78 is 5.42. The zero-order chi connectivity index (χ0) is 9.26. The molecule has 0 N–H and O–H groups in total. The Bertz CT molecular complexity index is 171. The van der Waals surface area contributed by atoms with E-state index in [1.54, 1.807) is 0 Å². The van der Waals surface area contributed by atoms with Crippen LogP contribution in [0, 0.1) is 5.92 Å². The van der Waals surface area contributed by atoms with Crippen molar-refractivity contribution in [2.75, 3.05) is 20.1 Å². The highest BCUT2D eigenvalue weighted by molar-refractivity contribution is 4.82. The van der Waals surface area contributed by atoms with Gasteiger partial charge >= 0.3 is 0 Å². The van der Waals surface area contributed by atoms with Crippen LogP contribution in [0.1, 0.15) is 32.6 Å². The van der Waals surface area contributed by atoms with Gasteiger partial charge in [0.2, 0.25) is 0 Å². The van der Waals surface area contributed by atoms with Crippen LogP contribution in [0.25, 0.3) is 0 Å². The molecule has 0 spiro atoms. The van der Waals surface area contributed by atoms with Crippen LogP contribution in [0.5, 0.6) is 0 Å². The van der Waals surface area contributed by atoms with Gasteiger partial charge in [0.15, 0.2) is 0 Å². The second-order valence-corrected chi connectivity index (χ2v) is 4.73. The van der Waals surface area contributed by atoms with Crippen LogP contribution < -0.4 is 0 Å². The molecule has 0 aromatic carbocycles. The minimum Gasteiger partial charge on any atom is -0.370 e. The molecule has 0 aliphatic carbocycles. The summed E-state index contributed by atoms with van der Waals surface area (Å²) in [5, 5.41) is 0. The normalized spacial score (nSPS) is 40.6. The Labute approximate surface area is 81.3 Å². The Kier molecular flexibility index (Phi) is 2.89. The third-order valence-corrected chi connectivity index (χ3v) is 3.42. The molecule has 2 heterocycles. The van der Waals surface area contributed by atoms with Gasteiger partial charge in [0.05, 0.1) is 12.2 Å². The second-order valence-electron chi connectivity index (χ2n) is 4.73. The molecule has 3 unspecified atom stereocenters. The van der Waals surface area contributed by atoms with Crippen molar-refractivity contribution < 1.29 is 4.74 Å².